The van der Waals surface area contributed by atoms with Crippen LogP contribution in [-0.2, 0) is 16.4 Å². The van der Waals surface area contributed by atoms with Crippen LogP contribution in [0.5, 0.6) is 0 Å². The SMILES string of the molecule is Cc1cc(Br)cnc1NS(=O)(=O)c1ccc(CCN)cc1. The van der Waals surface area contributed by atoms with Crippen molar-refractivity contribution in [2.45, 2.75) is 18.2 Å². The lowest BCUT2D eigenvalue weighted by Gasteiger charge is -2.10. The van der Waals surface area contributed by atoms with Gasteiger partial charge in [-0.15, -0.1) is 0 Å². The van der Waals surface area contributed by atoms with Crippen LogP contribution in [0.2, 0.25) is 0 Å². The monoisotopic (exact) mass is 369 g/mol. The summed E-state index contributed by atoms with van der Waals surface area (Å²) in [4.78, 5) is 4.28. The molecular formula is C14H16BrN3O2S. The van der Waals surface area contributed by atoms with Crippen molar-refractivity contribution in [3.63, 3.8) is 0 Å². The third-order valence-electron chi connectivity index (χ3n) is 2.94. The number of rotatable bonds is 5. The van der Waals surface area contributed by atoms with Crippen LogP contribution in [-0.4, -0.2) is 19.9 Å². The van der Waals surface area contributed by atoms with Crippen molar-refractivity contribution in [1.82, 2.24) is 4.98 Å². The van der Waals surface area contributed by atoms with E-state index < -0.39 is 10.0 Å². The van der Waals surface area contributed by atoms with Crippen LogP contribution < -0.4 is 10.5 Å². The molecule has 5 nitrogen and oxygen atoms in total. The average molecular weight is 370 g/mol. The molecule has 0 amide bonds. The first-order valence-corrected chi connectivity index (χ1v) is 8.64. The molecule has 0 aliphatic carbocycles. The maximum atomic E-state index is 12.3. The van der Waals surface area contributed by atoms with Crippen molar-refractivity contribution in [3.05, 3.63) is 52.1 Å². The predicted octanol–water partition coefficient (Wildman–Crippen LogP) is 2.45. The fourth-order valence-electron chi connectivity index (χ4n) is 1.84. The predicted molar refractivity (Wildman–Crippen MR) is 86.7 cm³/mol. The molecular weight excluding hydrogens is 354 g/mol. The Hall–Kier alpha value is -1.44. The van der Waals surface area contributed by atoms with Crippen molar-refractivity contribution in [2.24, 2.45) is 5.73 Å². The van der Waals surface area contributed by atoms with Crippen molar-refractivity contribution in [3.8, 4) is 0 Å². The number of benzene rings is 1. The maximum Gasteiger partial charge on any atom is 0.263 e. The maximum absolute atomic E-state index is 12.3. The molecule has 21 heavy (non-hydrogen) atoms. The Balaban J connectivity index is 2.25. The Bertz CT molecular complexity index is 730. The van der Waals surface area contributed by atoms with Gasteiger partial charge < -0.3 is 5.73 Å². The van der Waals surface area contributed by atoms with Crippen LogP contribution in [0, 0.1) is 6.92 Å². The van der Waals surface area contributed by atoms with Crippen molar-refractivity contribution in [2.75, 3.05) is 11.3 Å². The third kappa shape index (κ3) is 4.03. The van der Waals surface area contributed by atoms with E-state index in [-0.39, 0.29) is 4.90 Å². The van der Waals surface area contributed by atoms with Gasteiger partial charge in [-0.1, -0.05) is 12.1 Å². The molecule has 0 spiro atoms. The highest BCUT2D eigenvalue weighted by Crippen LogP contribution is 2.20. The molecule has 0 saturated heterocycles. The number of aromatic nitrogens is 1. The molecule has 0 atom stereocenters. The van der Waals surface area contributed by atoms with E-state index in [0.29, 0.717) is 12.4 Å². The fourth-order valence-corrected chi connectivity index (χ4v) is 3.36. The lowest BCUT2D eigenvalue weighted by molar-refractivity contribution is 0.601. The largest absolute Gasteiger partial charge is 0.330 e. The minimum atomic E-state index is -3.64. The van der Waals surface area contributed by atoms with Gasteiger partial charge in [0.05, 0.1) is 4.90 Å². The van der Waals surface area contributed by atoms with E-state index in [1.165, 1.54) is 0 Å². The highest BCUT2D eigenvalue weighted by molar-refractivity contribution is 9.10. The Morgan fingerprint density at radius 1 is 1.29 bits per heavy atom. The Morgan fingerprint density at radius 2 is 1.95 bits per heavy atom. The van der Waals surface area contributed by atoms with Gasteiger partial charge in [0.1, 0.15) is 5.82 Å². The summed E-state index contributed by atoms with van der Waals surface area (Å²) < 4.78 is 27.9. The van der Waals surface area contributed by atoms with Gasteiger partial charge in [0.15, 0.2) is 0 Å². The molecule has 0 unspecified atom stereocenters. The molecule has 3 N–H and O–H groups in total. The van der Waals surface area contributed by atoms with E-state index in [4.69, 9.17) is 5.73 Å². The highest BCUT2D eigenvalue weighted by Gasteiger charge is 2.16. The summed E-state index contributed by atoms with van der Waals surface area (Å²) in [5.74, 6) is 0.323. The number of pyridine rings is 1. The van der Waals surface area contributed by atoms with Crippen LogP contribution in [0.15, 0.2) is 45.9 Å². The van der Waals surface area contributed by atoms with Crippen LogP contribution in [0.25, 0.3) is 0 Å². The second-order valence-electron chi connectivity index (χ2n) is 4.61. The van der Waals surface area contributed by atoms with Gasteiger partial charge in [-0.25, -0.2) is 13.4 Å². The standard InChI is InChI=1S/C14H16BrN3O2S/c1-10-8-12(15)9-17-14(10)18-21(19,20)13-4-2-11(3-5-13)6-7-16/h2-5,8-9H,6-7,16H2,1H3,(H,17,18). The first kappa shape index (κ1) is 15.9. The minimum absolute atomic E-state index is 0.201. The zero-order chi connectivity index (χ0) is 15.5. The number of nitrogens with one attached hydrogen (secondary N) is 1. The van der Waals surface area contributed by atoms with E-state index in [0.717, 1.165) is 22.0 Å². The summed E-state index contributed by atoms with van der Waals surface area (Å²) in [6, 6.07) is 8.48. The van der Waals surface area contributed by atoms with E-state index in [2.05, 4.69) is 25.6 Å². The second kappa shape index (κ2) is 6.55. The Kier molecular flexibility index (Phi) is 4.97. The normalized spacial score (nSPS) is 11.4. The van der Waals surface area contributed by atoms with Gasteiger partial charge in [-0.2, -0.15) is 0 Å². The summed E-state index contributed by atoms with van der Waals surface area (Å²) in [6.45, 7) is 2.33. The van der Waals surface area contributed by atoms with Crippen LogP contribution in [0.1, 0.15) is 11.1 Å². The zero-order valence-corrected chi connectivity index (χ0v) is 13.9. The topological polar surface area (TPSA) is 85.1 Å². The Labute approximate surface area is 132 Å². The zero-order valence-electron chi connectivity index (χ0n) is 11.5. The van der Waals surface area contributed by atoms with E-state index in [9.17, 15) is 8.42 Å². The highest BCUT2D eigenvalue weighted by atomic mass is 79.9. The fraction of sp³-hybridized carbons (Fsp3) is 0.214. The van der Waals surface area contributed by atoms with Gasteiger partial charge in [0, 0.05) is 10.7 Å². The molecule has 0 radical (unpaired) electrons. The third-order valence-corrected chi connectivity index (χ3v) is 4.73. The number of hydrogen-bond acceptors (Lipinski definition) is 4. The summed E-state index contributed by atoms with van der Waals surface area (Å²) >= 11 is 3.29. The van der Waals surface area contributed by atoms with E-state index in [1.54, 1.807) is 43.5 Å². The number of halogens is 1. The van der Waals surface area contributed by atoms with Gasteiger partial charge in [-0.3, -0.25) is 4.72 Å². The molecule has 112 valence electrons. The van der Waals surface area contributed by atoms with Crippen LogP contribution in [0.3, 0.4) is 0 Å². The van der Waals surface area contributed by atoms with Crippen molar-refractivity contribution < 1.29 is 8.42 Å². The molecule has 1 aromatic heterocycles. The van der Waals surface area contributed by atoms with Gasteiger partial charge in [0.2, 0.25) is 0 Å². The average Bonchev–Trinajstić information content (AvgIpc) is 2.43. The molecule has 2 rings (SSSR count). The quantitative estimate of drug-likeness (QED) is 0.847. The smallest absolute Gasteiger partial charge is 0.263 e. The number of sulfonamides is 1. The molecule has 2 aromatic rings. The number of nitrogens with zero attached hydrogens (tertiary/aromatic N) is 1. The summed E-state index contributed by atoms with van der Waals surface area (Å²) in [7, 11) is -3.64. The Morgan fingerprint density at radius 3 is 2.52 bits per heavy atom. The first-order valence-electron chi connectivity index (χ1n) is 6.36. The first-order chi connectivity index (χ1) is 9.92. The molecule has 0 fully saturated rings. The van der Waals surface area contributed by atoms with Gasteiger partial charge in [0.25, 0.3) is 10.0 Å². The van der Waals surface area contributed by atoms with Crippen LogP contribution >= 0.6 is 15.9 Å². The number of hydrogen-bond donors (Lipinski definition) is 2. The second-order valence-corrected chi connectivity index (χ2v) is 7.21. The number of aryl methyl sites for hydroxylation is 1. The summed E-state index contributed by atoms with van der Waals surface area (Å²) in [6.07, 6.45) is 2.27. The summed E-state index contributed by atoms with van der Waals surface area (Å²) in [5, 5.41) is 0. The minimum Gasteiger partial charge on any atom is -0.330 e. The number of nitrogens with two attached hydrogens (primary N) is 1. The van der Waals surface area contributed by atoms with Crippen molar-refractivity contribution >= 4 is 31.8 Å². The molecule has 0 saturated carbocycles. The van der Waals surface area contributed by atoms with Crippen molar-refractivity contribution in [1.29, 1.82) is 0 Å². The van der Waals surface area contributed by atoms with Gasteiger partial charge in [-0.05, 0) is 65.1 Å². The van der Waals surface area contributed by atoms with Crippen LogP contribution in [0.4, 0.5) is 5.82 Å². The lowest BCUT2D eigenvalue weighted by Crippen LogP contribution is -2.15. The molecule has 1 aromatic carbocycles. The molecule has 1 heterocycles. The molecule has 0 aliphatic heterocycles. The van der Waals surface area contributed by atoms with E-state index >= 15 is 0 Å². The molecule has 0 aliphatic rings. The van der Waals surface area contributed by atoms with E-state index in [1.807, 2.05) is 0 Å². The lowest BCUT2D eigenvalue weighted by atomic mass is 10.2. The molecule has 0 bridgehead atoms. The van der Waals surface area contributed by atoms with Gasteiger partial charge >= 0.3 is 0 Å². The molecule has 7 heteroatoms. The number of anilines is 1. The summed E-state index contributed by atoms with van der Waals surface area (Å²) in [5.41, 5.74) is 7.22.